The number of sulfonamides is 1. The molecule has 0 radical (unpaired) electrons. The van der Waals surface area contributed by atoms with Crippen molar-refractivity contribution in [3.05, 3.63) is 36.2 Å². The zero-order chi connectivity index (χ0) is 14.0. The monoisotopic (exact) mass is 282 g/mol. The van der Waals surface area contributed by atoms with Crippen LogP contribution in [0.3, 0.4) is 0 Å². The molecule has 2 N–H and O–H groups in total. The molecule has 0 aliphatic heterocycles. The fourth-order valence-corrected chi connectivity index (χ4v) is 2.55. The van der Waals surface area contributed by atoms with Crippen molar-refractivity contribution >= 4 is 21.8 Å². The van der Waals surface area contributed by atoms with E-state index >= 15 is 0 Å². The maximum absolute atomic E-state index is 12.0. The predicted molar refractivity (Wildman–Crippen MR) is 65.2 cm³/mol. The van der Waals surface area contributed by atoms with Crippen LogP contribution in [0.25, 0.3) is 0 Å². The Kier molecular flexibility index (Phi) is 3.21. The highest BCUT2D eigenvalue weighted by molar-refractivity contribution is 7.92. The summed E-state index contributed by atoms with van der Waals surface area (Å²) in [7, 11) is -2.37. The molecule has 0 aromatic carbocycles. The summed E-state index contributed by atoms with van der Waals surface area (Å²) >= 11 is 0. The molecule has 0 amide bonds. The number of hydrogen-bond acceptors (Lipinski definition) is 5. The van der Waals surface area contributed by atoms with Crippen molar-refractivity contribution in [1.82, 2.24) is 14.8 Å². The largest absolute Gasteiger partial charge is 0.477 e. The van der Waals surface area contributed by atoms with Gasteiger partial charge in [0.15, 0.2) is 10.7 Å². The first kappa shape index (κ1) is 13.0. The molecule has 8 nitrogen and oxygen atoms in total. The van der Waals surface area contributed by atoms with Crippen LogP contribution >= 0.6 is 0 Å². The lowest BCUT2D eigenvalue weighted by atomic mass is 10.3. The van der Waals surface area contributed by atoms with Crippen molar-refractivity contribution in [1.29, 1.82) is 0 Å². The fraction of sp³-hybridized carbons (Fsp3) is 0.100. The van der Waals surface area contributed by atoms with Gasteiger partial charge in [0.2, 0.25) is 0 Å². The van der Waals surface area contributed by atoms with E-state index in [1.54, 1.807) is 0 Å². The minimum absolute atomic E-state index is 0.0463. The molecule has 0 atom stereocenters. The Bertz CT molecular complexity index is 723. The summed E-state index contributed by atoms with van der Waals surface area (Å²) in [6.07, 6.45) is 1.34. The molecule has 0 saturated carbocycles. The van der Waals surface area contributed by atoms with Gasteiger partial charge in [-0.25, -0.2) is 9.78 Å². The summed E-state index contributed by atoms with van der Waals surface area (Å²) in [5, 5.41) is 12.5. The van der Waals surface area contributed by atoms with Crippen LogP contribution in [0.15, 0.2) is 35.5 Å². The van der Waals surface area contributed by atoms with Crippen molar-refractivity contribution in [2.75, 3.05) is 4.72 Å². The van der Waals surface area contributed by atoms with Crippen molar-refractivity contribution in [3.63, 3.8) is 0 Å². The SMILES string of the molecule is Cn1nccc1S(=O)(=O)Nc1cccc(C(=O)O)n1. The van der Waals surface area contributed by atoms with E-state index in [1.807, 2.05) is 0 Å². The van der Waals surface area contributed by atoms with Gasteiger partial charge in [0.1, 0.15) is 5.82 Å². The van der Waals surface area contributed by atoms with E-state index in [-0.39, 0.29) is 16.5 Å². The average Bonchev–Trinajstić information content (AvgIpc) is 2.76. The molecule has 0 aliphatic rings. The van der Waals surface area contributed by atoms with Gasteiger partial charge in [-0.3, -0.25) is 9.40 Å². The van der Waals surface area contributed by atoms with E-state index in [2.05, 4.69) is 14.8 Å². The van der Waals surface area contributed by atoms with Crippen molar-refractivity contribution in [2.24, 2.45) is 7.05 Å². The minimum Gasteiger partial charge on any atom is -0.477 e. The van der Waals surface area contributed by atoms with Gasteiger partial charge in [-0.15, -0.1) is 0 Å². The first-order chi connectivity index (χ1) is 8.90. The number of aromatic nitrogens is 3. The number of aromatic carboxylic acids is 1. The third kappa shape index (κ3) is 2.71. The maximum atomic E-state index is 12.0. The molecule has 2 aromatic rings. The molecule has 2 heterocycles. The van der Waals surface area contributed by atoms with Crippen molar-refractivity contribution in [2.45, 2.75) is 5.03 Å². The second-order valence-corrected chi connectivity index (χ2v) is 5.24. The highest BCUT2D eigenvalue weighted by Crippen LogP contribution is 2.13. The van der Waals surface area contributed by atoms with E-state index in [0.29, 0.717) is 0 Å². The molecule has 9 heteroatoms. The van der Waals surface area contributed by atoms with Gasteiger partial charge in [-0.1, -0.05) is 6.07 Å². The van der Waals surface area contributed by atoms with E-state index in [1.165, 1.54) is 42.2 Å². The Morgan fingerprint density at radius 2 is 2.11 bits per heavy atom. The van der Waals surface area contributed by atoms with Gasteiger partial charge >= 0.3 is 5.97 Å². The van der Waals surface area contributed by atoms with Gasteiger partial charge < -0.3 is 5.11 Å². The van der Waals surface area contributed by atoms with Crippen LogP contribution in [0.5, 0.6) is 0 Å². The minimum atomic E-state index is -3.85. The topological polar surface area (TPSA) is 114 Å². The molecular formula is C10H10N4O4S. The van der Waals surface area contributed by atoms with Crippen LogP contribution < -0.4 is 4.72 Å². The molecule has 0 spiro atoms. The second-order valence-electron chi connectivity index (χ2n) is 3.61. The molecule has 0 unspecified atom stereocenters. The van der Waals surface area contributed by atoms with Crippen LogP contribution in [0.4, 0.5) is 5.82 Å². The number of nitrogens with one attached hydrogen (secondary N) is 1. The lowest BCUT2D eigenvalue weighted by Gasteiger charge is -2.07. The van der Waals surface area contributed by atoms with Crippen LogP contribution in [0, 0.1) is 0 Å². The van der Waals surface area contributed by atoms with Crippen LogP contribution in [0.2, 0.25) is 0 Å². The van der Waals surface area contributed by atoms with Crippen LogP contribution in [-0.2, 0) is 17.1 Å². The highest BCUT2D eigenvalue weighted by Gasteiger charge is 2.19. The third-order valence-corrected chi connectivity index (χ3v) is 3.69. The average molecular weight is 282 g/mol. The molecular weight excluding hydrogens is 272 g/mol. The Hall–Kier alpha value is -2.42. The maximum Gasteiger partial charge on any atom is 0.354 e. The van der Waals surface area contributed by atoms with E-state index in [0.717, 1.165) is 0 Å². The van der Waals surface area contributed by atoms with Gasteiger partial charge in [0, 0.05) is 7.05 Å². The Balaban J connectivity index is 2.34. The zero-order valence-corrected chi connectivity index (χ0v) is 10.6. The Labute approximate surface area is 108 Å². The van der Waals surface area contributed by atoms with Crippen molar-refractivity contribution in [3.8, 4) is 0 Å². The summed E-state index contributed by atoms with van der Waals surface area (Å²) in [5.41, 5.74) is -0.245. The molecule has 0 bridgehead atoms. The summed E-state index contributed by atoms with van der Waals surface area (Å²) in [5.74, 6) is -1.30. The number of rotatable bonds is 4. The molecule has 2 aromatic heterocycles. The Morgan fingerprint density at radius 1 is 1.37 bits per heavy atom. The van der Waals surface area contributed by atoms with Gasteiger partial charge in [0.25, 0.3) is 10.0 Å². The first-order valence-electron chi connectivity index (χ1n) is 5.11. The molecule has 100 valence electrons. The zero-order valence-electron chi connectivity index (χ0n) is 9.81. The third-order valence-electron chi connectivity index (χ3n) is 2.26. The Morgan fingerprint density at radius 3 is 2.68 bits per heavy atom. The lowest BCUT2D eigenvalue weighted by molar-refractivity contribution is 0.0690. The number of pyridine rings is 1. The second kappa shape index (κ2) is 4.69. The number of hydrogen-bond donors (Lipinski definition) is 2. The predicted octanol–water partition coefficient (Wildman–Crippen LogP) is 0.314. The molecule has 2 rings (SSSR count). The summed E-state index contributed by atoms with van der Waals surface area (Å²) in [4.78, 5) is 14.4. The molecule has 0 fully saturated rings. The standard InChI is InChI=1S/C10H10N4O4S/c1-14-9(5-6-11-14)19(17,18)13-8-4-2-3-7(12-8)10(15)16/h2-6H,1H3,(H,12,13)(H,15,16). The molecule has 19 heavy (non-hydrogen) atoms. The lowest BCUT2D eigenvalue weighted by Crippen LogP contribution is -2.18. The van der Waals surface area contributed by atoms with Gasteiger partial charge in [-0.2, -0.15) is 13.5 Å². The number of carbonyl (C=O) groups is 1. The van der Waals surface area contributed by atoms with E-state index in [4.69, 9.17) is 5.11 Å². The number of aryl methyl sites for hydroxylation is 1. The van der Waals surface area contributed by atoms with E-state index in [9.17, 15) is 13.2 Å². The fourth-order valence-electron chi connectivity index (χ4n) is 1.43. The molecule has 0 aliphatic carbocycles. The van der Waals surface area contributed by atoms with E-state index < -0.39 is 16.0 Å². The highest BCUT2D eigenvalue weighted by atomic mass is 32.2. The van der Waals surface area contributed by atoms with Crippen LogP contribution in [0.1, 0.15) is 10.5 Å². The summed E-state index contributed by atoms with van der Waals surface area (Å²) in [6, 6.07) is 5.35. The normalized spacial score (nSPS) is 11.2. The first-order valence-corrected chi connectivity index (χ1v) is 6.59. The molecule has 0 saturated heterocycles. The van der Waals surface area contributed by atoms with Crippen LogP contribution in [-0.4, -0.2) is 34.3 Å². The van der Waals surface area contributed by atoms with Gasteiger partial charge in [-0.05, 0) is 18.2 Å². The number of carboxylic acid groups (broad SMARTS) is 1. The quantitative estimate of drug-likeness (QED) is 0.834. The summed E-state index contributed by atoms with van der Waals surface area (Å²) in [6.45, 7) is 0. The van der Waals surface area contributed by atoms with Crippen molar-refractivity contribution < 1.29 is 18.3 Å². The number of anilines is 1. The number of carboxylic acids is 1. The number of nitrogens with zero attached hydrogens (tertiary/aromatic N) is 3. The summed E-state index contributed by atoms with van der Waals surface area (Å²) < 4.78 is 27.4. The van der Waals surface area contributed by atoms with Gasteiger partial charge in [0.05, 0.1) is 6.20 Å². The smallest absolute Gasteiger partial charge is 0.354 e.